The van der Waals surface area contributed by atoms with Crippen LogP contribution in [0, 0.1) is 18.8 Å². The standard InChI is InChI=1S/C24H23N/c1-21-14-16-24(17-15-21)20-25(19-23-11-6-3-7-12-23)18-8-13-22-9-4-2-5-10-22/h2-7,9-12,14-17H,18-20H2,1H3. The SMILES string of the molecule is Cc1ccc(CN(CC#Cc2ccccc2)Cc2ccccc2)cc1. The quantitative estimate of drug-likeness (QED) is 0.593. The Bertz CT molecular complexity index is 824. The Hall–Kier alpha value is -2.82. The first-order valence-electron chi connectivity index (χ1n) is 8.65. The van der Waals surface area contributed by atoms with Crippen molar-refractivity contribution >= 4 is 0 Å². The molecule has 124 valence electrons. The van der Waals surface area contributed by atoms with Gasteiger partial charge in [-0.2, -0.15) is 0 Å². The molecule has 3 rings (SSSR count). The maximum atomic E-state index is 3.33. The van der Waals surface area contributed by atoms with Gasteiger partial charge in [-0.15, -0.1) is 0 Å². The summed E-state index contributed by atoms with van der Waals surface area (Å²) in [6.45, 7) is 4.67. The Labute approximate surface area is 150 Å². The summed E-state index contributed by atoms with van der Waals surface area (Å²) >= 11 is 0. The summed E-state index contributed by atoms with van der Waals surface area (Å²) in [4.78, 5) is 2.38. The third-order valence-electron chi connectivity index (χ3n) is 4.08. The molecule has 1 nitrogen and oxygen atoms in total. The molecular weight excluding hydrogens is 302 g/mol. The van der Waals surface area contributed by atoms with Crippen LogP contribution in [-0.2, 0) is 13.1 Å². The lowest BCUT2D eigenvalue weighted by Gasteiger charge is -2.20. The molecule has 0 atom stereocenters. The zero-order valence-corrected chi connectivity index (χ0v) is 14.7. The Morgan fingerprint density at radius 1 is 0.680 bits per heavy atom. The van der Waals surface area contributed by atoms with Crippen LogP contribution in [0.25, 0.3) is 0 Å². The van der Waals surface area contributed by atoms with Crippen LogP contribution < -0.4 is 0 Å². The summed E-state index contributed by atoms with van der Waals surface area (Å²) in [5.41, 5.74) is 5.00. The monoisotopic (exact) mass is 325 g/mol. The molecule has 0 unspecified atom stereocenters. The number of hydrogen-bond donors (Lipinski definition) is 0. The van der Waals surface area contributed by atoms with Crippen LogP contribution in [-0.4, -0.2) is 11.4 Å². The van der Waals surface area contributed by atoms with E-state index in [2.05, 4.69) is 90.4 Å². The van der Waals surface area contributed by atoms with Crippen molar-refractivity contribution in [1.29, 1.82) is 0 Å². The lowest BCUT2D eigenvalue weighted by atomic mass is 10.1. The highest BCUT2D eigenvalue weighted by Crippen LogP contribution is 2.11. The molecule has 0 amide bonds. The van der Waals surface area contributed by atoms with Crippen molar-refractivity contribution in [3.63, 3.8) is 0 Å². The molecule has 0 aliphatic rings. The topological polar surface area (TPSA) is 3.24 Å². The molecule has 0 aliphatic carbocycles. The van der Waals surface area contributed by atoms with Crippen LogP contribution in [0.5, 0.6) is 0 Å². The summed E-state index contributed by atoms with van der Waals surface area (Å²) in [6.07, 6.45) is 0. The fourth-order valence-electron chi connectivity index (χ4n) is 2.74. The average Bonchev–Trinajstić information content (AvgIpc) is 2.65. The van der Waals surface area contributed by atoms with E-state index in [-0.39, 0.29) is 0 Å². The van der Waals surface area contributed by atoms with E-state index in [1.807, 2.05) is 18.2 Å². The second kappa shape index (κ2) is 8.87. The van der Waals surface area contributed by atoms with Crippen LogP contribution in [0.15, 0.2) is 84.9 Å². The molecule has 0 fully saturated rings. The molecule has 25 heavy (non-hydrogen) atoms. The molecule has 3 aromatic rings. The van der Waals surface area contributed by atoms with E-state index < -0.39 is 0 Å². The van der Waals surface area contributed by atoms with E-state index in [0.717, 1.165) is 25.2 Å². The third kappa shape index (κ3) is 5.64. The Morgan fingerprint density at radius 3 is 1.88 bits per heavy atom. The van der Waals surface area contributed by atoms with Crippen molar-refractivity contribution in [2.24, 2.45) is 0 Å². The van der Waals surface area contributed by atoms with Crippen molar-refractivity contribution in [2.45, 2.75) is 20.0 Å². The van der Waals surface area contributed by atoms with Gasteiger partial charge >= 0.3 is 0 Å². The largest absolute Gasteiger partial charge is 0.284 e. The summed E-state index contributed by atoms with van der Waals surface area (Å²) in [7, 11) is 0. The summed E-state index contributed by atoms with van der Waals surface area (Å²) in [5, 5.41) is 0. The van der Waals surface area contributed by atoms with Crippen LogP contribution in [0.4, 0.5) is 0 Å². The zero-order valence-electron chi connectivity index (χ0n) is 14.7. The maximum Gasteiger partial charge on any atom is 0.0611 e. The Balaban J connectivity index is 1.71. The lowest BCUT2D eigenvalue weighted by molar-refractivity contribution is 0.290. The number of rotatable bonds is 5. The van der Waals surface area contributed by atoms with Crippen LogP contribution in [0.2, 0.25) is 0 Å². The second-order valence-corrected chi connectivity index (χ2v) is 6.28. The molecule has 0 aromatic heterocycles. The first-order valence-corrected chi connectivity index (χ1v) is 8.65. The first-order chi connectivity index (χ1) is 12.3. The minimum atomic E-state index is 0.748. The zero-order chi connectivity index (χ0) is 17.3. The molecule has 0 spiro atoms. The summed E-state index contributed by atoms with van der Waals surface area (Å²) < 4.78 is 0. The highest BCUT2D eigenvalue weighted by Gasteiger charge is 2.06. The van der Waals surface area contributed by atoms with Gasteiger partial charge in [0.2, 0.25) is 0 Å². The predicted molar refractivity (Wildman–Crippen MR) is 105 cm³/mol. The molecular formula is C24H23N. The Kier molecular flexibility index (Phi) is 6.04. The second-order valence-electron chi connectivity index (χ2n) is 6.28. The van der Waals surface area contributed by atoms with Gasteiger partial charge in [-0.1, -0.05) is 90.2 Å². The molecule has 3 aromatic carbocycles. The van der Waals surface area contributed by atoms with E-state index in [4.69, 9.17) is 0 Å². The molecule has 0 N–H and O–H groups in total. The van der Waals surface area contributed by atoms with E-state index in [9.17, 15) is 0 Å². The van der Waals surface area contributed by atoms with Crippen molar-refractivity contribution in [3.05, 3.63) is 107 Å². The molecule has 0 bridgehead atoms. The Morgan fingerprint density at radius 2 is 1.24 bits per heavy atom. The highest BCUT2D eigenvalue weighted by molar-refractivity contribution is 5.34. The van der Waals surface area contributed by atoms with Crippen LogP contribution in [0.1, 0.15) is 22.3 Å². The van der Waals surface area contributed by atoms with Crippen molar-refractivity contribution < 1.29 is 0 Å². The first kappa shape index (κ1) is 17.0. The number of benzene rings is 3. The molecule has 0 radical (unpaired) electrons. The van der Waals surface area contributed by atoms with Gasteiger partial charge in [0.25, 0.3) is 0 Å². The molecule has 0 saturated carbocycles. The van der Waals surface area contributed by atoms with Gasteiger partial charge in [-0.25, -0.2) is 0 Å². The van der Waals surface area contributed by atoms with Gasteiger partial charge in [0.15, 0.2) is 0 Å². The minimum absolute atomic E-state index is 0.748. The van der Waals surface area contributed by atoms with E-state index in [1.165, 1.54) is 16.7 Å². The average molecular weight is 325 g/mol. The van der Waals surface area contributed by atoms with Gasteiger partial charge < -0.3 is 0 Å². The molecule has 0 aliphatic heterocycles. The number of nitrogens with zero attached hydrogens (tertiary/aromatic N) is 1. The van der Waals surface area contributed by atoms with Gasteiger partial charge in [0.05, 0.1) is 6.54 Å². The third-order valence-corrected chi connectivity index (χ3v) is 4.08. The minimum Gasteiger partial charge on any atom is -0.284 e. The van der Waals surface area contributed by atoms with Gasteiger partial charge in [0.1, 0.15) is 0 Å². The van der Waals surface area contributed by atoms with Gasteiger partial charge in [-0.3, -0.25) is 4.90 Å². The number of hydrogen-bond acceptors (Lipinski definition) is 1. The highest BCUT2D eigenvalue weighted by atomic mass is 15.1. The van der Waals surface area contributed by atoms with E-state index >= 15 is 0 Å². The predicted octanol–water partition coefficient (Wildman–Crippen LogP) is 5.05. The number of aryl methyl sites for hydroxylation is 1. The smallest absolute Gasteiger partial charge is 0.0611 e. The molecule has 1 heteroatoms. The van der Waals surface area contributed by atoms with Crippen LogP contribution in [0.3, 0.4) is 0 Å². The fraction of sp³-hybridized carbons (Fsp3) is 0.167. The molecule has 0 heterocycles. The molecule has 0 saturated heterocycles. The summed E-state index contributed by atoms with van der Waals surface area (Å²) in [6, 6.07) is 29.5. The van der Waals surface area contributed by atoms with E-state index in [1.54, 1.807) is 0 Å². The van der Waals surface area contributed by atoms with E-state index in [0.29, 0.717) is 0 Å². The van der Waals surface area contributed by atoms with Crippen molar-refractivity contribution in [1.82, 2.24) is 4.90 Å². The fourth-order valence-corrected chi connectivity index (χ4v) is 2.74. The lowest BCUT2D eigenvalue weighted by Crippen LogP contribution is -2.23. The van der Waals surface area contributed by atoms with Crippen molar-refractivity contribution in [3.8, 4) is 11.8 Å². The van der Waals surface area contributed by atoms with Crippen LogP contribution >= 0.6 is 0 Å². The summed E-state index contributed by atoms with van der Waals surface area (Å²) in [5.74, 6) is 6.59. The van der Waals surface area contributed by atoms with Gasteiger partial charge in [0, 0.05) is 18.7 Å². The maximum absolute atomic E-state index is 3.33. The van der Waals surface area contributed by atoms with Crippen molar-refractivity contribution in [2.75, 3.05) is 6.54 Å². The van der Waals surface area contributed by atoms with Gasteiger partial charge in [-0.05, 0) is 30.2 Å². The normalized spacial score (nSPS) is 10.3.